The molecule has 4 heterocycles. The van der Waals surface area contributed by atoms with Crippen LogP contribution in [-0.4, -0.2) is 70.5 Å². The van der Waals surface area contributed by atoms with Crippen molar-refractivity contribution in [2.24, 2.45) is 45.8 Å². The van der Waals surface area contributed by atoms with Gasteiger partial charge in [0.2, 0.25) is 0 Å². The number of hydrogen-bond donors (Lipinski definition) is 0. The quantitative estimate of drug-likeness (QED) is 0.0853. The number of hydrogen-bond acceptors (Lipinski definition) is 9. The van der Waals surface area contributed by atoms with Gasteiger partial charge in [0.15, 0.2) is 26.8 Å². The number of rotatable bonds is 13. The van der Waals surface area contributed by atoms with E-state index >= 15 is 4.79 Å². The Labute approximate surface area is 339 Å². The highest BCUT2D eigenvalue weighted by atomic mass is 28.4. The van der Waals surface area contributed by atoms with Gasteiger partial charge in [0.25, 0.3) is 0 Å². The van der Waals surface area contributed by atoms with Gasteiger partial charge in [-0.2, -0.15) is 0 Å². The van der Waals surface area contributed by atoms with Gasteiger partial charge >= 0.3 is 11.9 Å². The number of carbonyl (C=O) groups excluding carboxylic acids is 2. The molecule has 2 aromatic carbocycles. The summed E-state index contributed by atoms with van der Waals surface area (Å²) in [7, 11) is -2.44. The Kier molecular flexibility index (Phi) is 9.52. The van der Waals surface area contributed by atoms with E-state index in [4.69, 9.17) is 32.8 Å². The number of esters is 1. The van der Waals surface area contributed by atoms with Gasteiger partial charge in [-0.25, -0.2) is 0 Å². The van der Waals surface area contributed by atoms with E-state index in [9.17, 15) is 4.79 Å². The first-order valence-corrected chi connectivity index (χ1v) is 24.4. The fourth-order valence-corrected chi connectivity index (χ4v) is 13.9. The van der Waals surface area contributed by atoms with Gasteiger partial charge in [0.1, 0.15) is 30.0 Å². The maximum atomic E-state index is 16.1. The van der Waals surface area contributed by atoms with Crippen molar-refractivity contribution >= 4 is 20.6 Å². The molecule has 0 N–H and O–H groups in total. The first-order chi connectivity index (χ1) is 27.1. The Bertz CT molecular complexity index is 1850. The standard InChI is InChI=1S/C47H62O9Si/c1-10-50-37-38-40(56-57(8,9)43(5,6)7)47(54-39(37)41(52-38)55-47)51-27-45-25-33-29(4)21-22-34(33)44(26-48)24-32(45)23-35(28(2)3)46(44,45)42(49)53-36(30-17-13-11-14-18-30)31-19-15-12-16-20-31/h11-20,23,26,28-29,32-34,36-41H,10,21-22,24-25,27H2,1-9H3. The molecule has 10 rings (SSSR count). The molecule has 13 unspecified atom stereocenters. The Hall–Kier alpha value is -2.70. The van der Waals surface area contributed by atoms with Gasteiger partial charge < -0.3 is 32.9 Å². The summed E-state index contributed by atoms with van der Waals surface area (Å²) >= 11 is 0. The second-order valence-corrected chi connectivity index (χ2v) is 24.8. The molecule has 2 aromatic rings. The highest BCUT2D eigenvalue weighted by Gasteiger charge is 2.85. The Morgan fingerprint density at radius 1 is 0.965 bits per heavy atom. The minimum absolute atomic E-state index is 0.0114. The molecule has 13 atom stereocenters. The summed E-state index contributed by atoms with van der Waals surface area (Å²) in [6.07, 6.45) is 3.43. The summed E-state index contributed by atoms with van der Waals surface area (Å²) in [6.45, 7) is 20.3. The molecular weight excluding hydrogens is 737 g/mol. The monoisotopic (exact) mass is 798 g/mol. The van der Waals surface area contributed by atoms with Gasteiger partial charge in [-0.1, -0.05) is 120 Å². The van der Waals surface area contributed by atoms with Crippen LogP contribution >= 0.6 is 0 Å². The van der Waals surface area contributed by atoms with E-state index in [1.165, 1.54) is 6.29 Å². The third-order valence-electron chi connectivity index (χ3n) is 16.1. The van der Waals surface area contributed by atoms with Gasteiger partial charge in [0, 0.05) is 12.0 Å². The van der Waals surface area contributed by atoms with Crippen molar-refractivity contribution in [3.05, 3.63) is 83.4 Å². The van der Waals surface area contributed by atoms with Crippen molar-refractivity contribution in [3.63, 3.8) is 0 Å². The van der Waals surface area contributed by atoms with Crippen molar-refractivity contribution < 1.29 is 42.4 Å². The van der Waals surface area contributed by atoms with E-state index in [1.54, 1.807) is 0 Å². The van der Waals surface area contributed by atoms with E-state index in [1.807, 2.05) is 67.6 Å². The number of aldehydes is 1. The Morgan fingerprint density at radius 3 is 2.23 bits per heavy atom. The zero-order valence-corrected chi connectivity index (χ0v) is 36.2. The number of allylic oxidation sites excluding steroid dienone is 1. The number of fused-ring (bicyclic) bond motifs is 2. The van der Waals surface area contributed by atoms with Gasteiger partial charge in [0.05, 0.1) is 12.0 Å². The van der Waals surface area contributed by atoms with Gasteiger partial charge in [-0.15, -0.1) is 0 Å². The molecule has 0 aromatic heterocycles. The summed E-state index contributed by atoms with van der Waals surface area (Å²) in [4.78, 5) is 30.4. The van der Waals surface area contributed by atoms with Crippen LogP contribution in [0.5, 0.6) is 0 Å². The normalized spacial score (nSPS) is 41.2. The lowest BCUT2D eigenvalue weighted by atomic mass is 9.43. The summed E-state index contributed by atoms with van der Waals surface area (Å²) < 4.78 is 47.8. The molecule has 0 radical (unpaired) electrons. The van der Waals surface area contributed by atoms with E-state index in [-0.39, 0.29) is 47.4 Å². The largest absolute Gasteiger partial charge is 0.452 e. The van der Waals surface area contributed by atoms with Crippen LogP contribution in [0.2, 0.25) is 18.1 Å². The van der Waals surface area contributed by atoms with Crippen molar-refractivity contribution in [3.8, 4) is 0 Å². The van der Waals surface area contributed by atoms with Crippen LogP contribution in [-0.2, 0) is 42.4 Å². The molecule has 3 saturated carbocycles. The number of carbonyl (C=O) groups is 2. The Morgan fingerprint density at radius 2 is 1.63 bits per heavy atom. The van der Waals surface area contributed by atoms with E-state index in [0.29, 0.717) is 18.9 Å². The molecule has 4 aliphatic heterocycles. The third-order valence-corrected chi connectivity index (χ3v) is 20.5. The molecule has 10 heteroatoms. The van der Waals surface area contributed by atoms with Crippen LogP contribution in [0.15, 0.2) is 72.3 Å². The molecule has 0 amide bonds. The lowest BCUT2D eigenvalue weighted by Gasteiger charge is -2.59. The highest BCUT2D eigenvalue weighted by Crippen LogP contribution is 2.83. The van der Waals surface area contributed by atoms with Crippen LogP contribution in [0.25, 0.3) is 0 Å². The highest BCUT2D eigenvalue weighted by molar-refractivity contribution is 6.74. The van der Waals surface area contributed by atoms with E-state index < -0.39 is 61.2 Å². The number of benzene rings is 2. The first kappa shape index (κ1) is 39.7. The lowest BCUT2D eigenvalue weighted by molar-refractivity contribution is -0.445. The van der Waals surface area contributed by atoms with Crippen LogP contribution in [0, 0.1) is 45.8 Å². The molecule has 57 heavy (non-hydrogen) atoms. The smallest absolute Gasteiger partial charge is 0.318 e. The molecule has 9 nitrogen and oxygen atoms in total. The SMILES string of the molecule is CCOC1C2OC3(OCC45CC6C(C)CCC6C6(C=O)CC4C=C(C(C)C)C65C(=O)OC(c4ccccc4)c4ccccc4)OC2OC1C3O[Si](C)(C)C(C)(C)C. The second kappa shape index (κ2) is 13.7. The first-order valence-electron chi connectivity index (χ1n) is 21.5. The second-order valence-electron chi connectivity index (χ2n) is 20.1. The summed E-state index contributed by atoms with van der Waals surface area (Å²) in [6, 6.07) is 19.9. The third kappa shape index (κ3) is 5.39. The predicted octanol–water partition coefficient (Wildman–Crippen LogP) is 8.78. The molecule has 4 saturated heterocycles. The van der Waals surface area contributed by atoms with Crippen molar-refractivity contribution in [1.82, 2.24) is 0 Å². The van der Waals surface area contributed by atoms with E-state index in [2.05, 4.69) is 60.7 Å². The molecule has 8 bridgehead atoms. The van der Waals surface area contributed by atoms with Crippen LogP contribution < -0.4 is 0 Å². The fraction of sp³-hybridized carbons (Fsp3) is 0.660. The van der Waals surface area contributed by atoms with Gasteiger partial charge in [-0.3, -0.25) is 9.53 Å². The topological polar surface area (TPSA) is 98.8 Å². The Balaban J connectivity index is 1.17. The minimum atomic E-state index is -2.44. The summed E-state index contributed by atoms with van der Waals surface area (Å²) in [5.74, 6) is -1.29. The minimum Gasteiger partial charge on any atom is -0.452 e. The predicted molar refractivity (Wildman–Crippen MR) is 216 cm³/mol. The molecule has 7 fully saturated rings. The van der Waals surface area contributed by atoms with Crippen LogP contribution in [0.4, 0.5) is 0 Å². The lowest BCUT2D eigenvalue weighted by Crippen LogP contribution is -2.68. The van der Waals surface area contributed by atoms with Crippen molar-refractivity contribution in [1.29, 1.82) is 0 Å². The average Bonchev–Trinajstić information content (AvgIpc) is 3.91. The molecule has 0 spiro atoms. The summed E-state index contributed by atoms with van der Waals surface area (Å²) in [5, 5.41) is -0.115. The van der Waals surface area contributed by atoms with Crippen LogP contribution in [0.3, 0.4) is 0 Å². The van der Waals surface area contributed by atoms with Crippen molar-refractivity contribution in [2.75, 3.05) is 13.2 Å². The molecule has 8 aliphatic rings. The zero-order valence-electron chi connectivity index (χ0n) is 35.2. The molecular formula is C47H62O9Si. The average molecular weight is 799 g/mol. The maximum Gasteiger partial charge on any atom is 0.318 e. The zero-order chi connectivity index (χ0) is 40.3. The van der Waals surface area contributed by atoms with Gasteiger partial charge in [-0.05, 0) is 85.0 Å². The maximum absolute atomic E-state index is 16.1. The molecule has 308 valence electrons. The fourth-order valence-electron chi connectivity index (χ4n) is 12.6. The number of ether oxygens (including phenoxy) is 6. The molecule has 4 aliphatic carbocycles. The van der Waals surface area contributed by atoms with Crippen molar-refractivity contribution in [2.45, 2.75) is 135 Å². The van der Waals surface area contributed by atoms with E-state index in [0.717, 1.165) is 36.0 Å². The van der Waals surface area contributed by atoms with Crippen LogP contribution in [0.1, 0.15) is 91.4 Å². The summed E-state index contributed by atoms with van der Waals surface area (Å²) in [5.41, 5.74) is -0.253.